The van der Waals surface area contributed by atoms with Crippen LogP contribution in [0.25, 0.3) is 5.76 Å². The smallest absolute Gasteiger partial charge is 0.235 e. The zero-order chi connectivity index (χ0) is 18.8. The maximum absolute atomic E-state index is 12.8. The second kappa shape index (κ2) is 7.01. The number of carbonyl (C=O) groups excluding carboxylic acids is 2. The van der Waals surface area contributed by atoms with Gasteiger partial charge in [0, 0.05) is 17.3 Å². The number of hydrogen-bond acceptors (Lipinski definition) is 6. The first-order valence-corrected chi connectivity index (χ1v) is 8.45. The first-order chi connectivity index (χ1) is 13.2. The van der Waals surface area contributed by atoms with Crippen molar-refractivity contribution in [1.82, 2.24) is 10.3 Å². The summed E-state index contributed by atoms with van der Waals surface area (Å²) in [6, 6.07) is 14.6. The van der Waals surface area contributed by atoms with Gasteiger partial charge in [-0.1, -0.05) is 30.3 Å². The number of rotatable bonds is 5. The molecule has 2 aromatic heterocycles. The van der Waals surface area contributed by atoms with Gasteiger partial charge < -0.3 is 9.52 Å². The van der Waals surface area contributed by atoms with Gasteiger partial charge in [0.05, 0.1) is 30.1 Å². The van der Waals surface area contributed by atoms with Crippen molar-refractivity contribution < 1.29 is 19.1 Å². The molecule has 3 aromatic rings. The molecule has 0 amide bonds. The quantitative estimate of drug-likeness (QED) is 0.679. The highest BCUT2D eigenvalue weighted by molar-refractivity contribution is 6.52. The molecule has 0 radical (unpaired) electrons. The van der Waals surface area contributed by atoms with Crippen LogP contribution in [0.15, 0.2) is 77.0 Å². The second-order valence-corrected chi connectivity index (χ2v) is 6.11. The van der Waals surface area contributed by atoms with Crippen molar-refractivity contribution in [3.8, 4) is 0 Å². The van der Waals surface area contributed by atoms with Crippen LogP contribution in [0.3, 0.4) is 0 Å². The SMILES string of the molecule is O=C1C(=O)c2ccccc2C(O)=C1C(NCc1ccco1)c1ccccn1. The van der Waals surface area contributed by atoms with Gasteiger partial charge in [-0.25, -0.2) is 0 Å². The lowest BCUT2D eigenvalue weighted by Gasteiger charge is -2.25. The fraction of sp³-hybridized carbons (Fsp3) is 0.0952. The lowest BCUT2D eigenvalue weighted by atomic mass is 9.84. The summed E-state index contributed by atoms with van der Waals surface area (Å²) in [5.74, 6) is -0.934. The van der Waals surface area contributed by atoms with Gasteiger partial charge in [-0.15, -0.1) is 0 Å². The highest BCUT2D eigenvalue weighted by Gasteiger charge is 2.37. The third-order valence-corrected chi connectivity index (χ3v) is 4.47. The number of furan rings is 1. The third kappa shape index (κ3) is 3.07. The number of aliphatic hydroxyl groups excluding tert-OH is 1. The fourth-order valence-electron chi connectivity index (χ4n) is 3.17. The number of aliphatic hydroxyl groups is 1. The van der Waals surface area contributed by atoms with Crippen molar-refractivity contribution in [1.29, 1.82) is 0 Å². The predicted octanol–water partition coefficient (Wildman–Crippen LogP) is 3.24. The summed E-state index contributed by atoms with van der Waals surface area (Å²) < 4.78 is 5.32. The van der Waals surface area contributed by atoms with E-state index in [-0.39, 0.29) is 16.9 Å². The molecular formula is C21H16N2O4. The highest BCUT2D eigenvalue weighted by atomic mass is 16.3. The first kappa shape index (κ1) is 16.9. The Hall–Kier alpha value is -3.51. The molecule has 1 aliphatic carbocycles. The zero-order valence-corrected chi connectivity index (χ0v) is 14.3. The zero-order valence-electron chi connectivity index (χ0n) is 14.3. The normalized spacial score (nSPS) is 15.0. The Balaban J connectivity index is 1.81. The van der Waals surface area contributed by atoms with Gasteiger partial charge in [-0.2, -0.15) is 0 Å². The largest absolute Gasteiger partial charge is 0.507 e. The number of benzene rings is 1. The summed E-state index contributed by atoms with van der Waals surface area (Å²) >= 11 is 0. The summed E-state index contributed by atoms with van der Waals surface area (Å²) in [5.41, 5.74) is 1.06. The average molecular weight is 360 g/mol. The Labute approximate surface area is 155 Å². The Morgan fingerprint density at radius 2 is 1.74 bits per heavy atom. The Bertz CT molecular complexity index is 1020. The van der Waals surface area contributed by atoms with E-state index in [0.29, 0.717) is 23.6 Å². The number of carbonyl (C=O) groups is 2. The van der Waals surface area contributed by atoms with Crippen LogP contribution in [0, 0.1) is 0 Å². The minimum atomic E-state index is -0.763. The number of nitrogens with zero attached hydrogens (tertiary/aromatic N) is 1. The molecule has 1 aromatic carbocycles. The van der Waals surface area contributed by atoms with Crippen LogP contribution in [0.4, 0.5) is 0 Å². The molecule has 0 bridgehead atoms. The topological polar surface area (TPSA) is 92.4 Å². The molecular weight excluding hydrogens is 344 g/mol. The van der Waals surface area contributed by atoms with E-state index >= 15 is 0 Å². The molecule has 27 heavy (non-hydrogen) atoms. The number of pyridine rings is 1. The van der Waals surface area contributed by atoms with E-state index in [9.17, 15) is 14.7 Å². The van der Waals surface area contributed by atoms with Gasteiger partial charge in [-0.05, 0) is 24.3 Å². The van der Waals surface area contributed by atoms with E-state index in [4.69, 9.17) is 4.42 Å². The van der Waals surface area contributed by atoms with Gasteiger partial charge >= 0.3 is 0 Å². The Morgan fingerprint density at radius 3 is 2.44 bits per heavy atom. The fourth-order valence-corrected chi connectivity index (χ4v) is 3.17. The number of aromatic nitrogens is 1. The summed E-state index contributed by atoms with van der Waals surface area (Å²) in [6.45, 7) is 0.300. The van der Waals surface area contributed by atoms with E-state index in [0.717, 1.165) is 0 Å². The Kier molecular flexibility index (Phi) is 4.40. The lowest BCUT2D eigenvalue weighted by Crippen LogP contribution is -2.33. The van der Waals surface area contributed by atoms with Crippen molar-refractivity contribution in [2.75, 3.05) is 0 Å². The number of ketones is 2. The van der Waals surface area contributed by atoms with Crippen molar-refractivity contribution in [2.24, 2.45) is 0 Å². The minimum Gasteiger partial charge on any atom is -0.507 e. The molecule has 0 aliphatic heterocycles. The molecule has 4 rings (SSSR count). The standard InChI is InChI=1S/C21H16N2O4/c24-19-14-7-1-2-8-15(14)20(25)21(26)17(19)18(16-9-3-4-10-22-16)23-12-13-6-5-11-27-13/h1-11,18,23-24H,12H2. The van der Waals surface area contributed by atoms with Crippen LogP contribution in [0.5, 0.6) is 0 Å². The predicted molar refractivity (Wildman–Crippen MR) is 97.9 cm³/mol. The van der Waals surface area contributed by atoms with E-state index in [2.05, 4.69) is 10.3 Å². The molecule has 0 saturated heterocycles. The highest BCUT2D eigenvalue weighted by Crippen LogP contribution is 2.34. The van der Waals surface area contributed by atoms with Crippen LogP contribution < -0.4 is 5.32 Å². The molecule has 1 aliphatic rings. The van der Waals surface area contributed by atoms with Crippen molar-refractivity contribution in [2.45, 2.75) is 12.6 Å². The molecule has 1 unspecified atom stereocenters. The maximum atomic E-state index is 12.8. The molecule has 6 heteroatoms. The Morgan fingerprint density at radius 1 is 0.963 bits per heavy atom. The molecule has 0 saturated carbocycles. The molecule has 1 atom stereocenters. The van der Waals surface area contributed by atoms with Gasteiger partial charge in [0.2, 0.25) is 11.6 Å². The summed E-state index contributed by atoms with van der Waals surface area (Å²) in [7, 11) is 0. The van der Waals surface area contributed by atoms with Gasteiger partial charge in [0.25, 0.3) is 0 Å². The second-order valence-electron chi connectivity index (χ2n) is 6.11. The molecule has 0 fully saturated rings. The third-order valence-electron chi connectivity index (χ3n) is 4.47. The number of fused-ring (bicyclic) bond motifs is 1. The van der Waals surface area contributed by atoms with Crippen molar-refractivity contribution in [3.05, 3.63) is 95.2 Å². The van der Waals surface area contributed by atoms with Crippen LogP contribution in [-0.2, 0) is 11.3 Å². The van der Waals surface area contributed by atoms with Crippen LogP contribution in [0.1, 0.15) is 33.4 Å². The van der Waals surface area contributed by atoms with E-state index in [1.54, 1.807) is 61.0 Å². The van der Waals surface area contributed by atoms with Crippen LogP contribution in [-0.4, -0.2) is 21.7 Å². The molecule has 6 nitrogen and oxygen atoms in total. The number of Topliss-reactive ketones (excluding diaryl/α,β-unsaturated/α-hetero) is 2. The summed E-state index contributed by atoms with van der Waals surface area (Å²) in [4.78, 5) is 29.7. The first-order valence-electron chi connectivity index (χ1n) is 8.45. The minimum absolute atomic E-state index is 0.0102. The van der Waals surface area contributed by atoms with Gasteiger partial charge in [0.15, 0.2) is 0 Å². The van der Waals surface area contributed by atoms with Gasteiger partial charge in [-0.3, -0.25) is 19.9 Å². The number of hydrogen-bond donors (Lipinski definition) is 2. The molecule has 134 valence electrons. The van der Waals surface area contributed by atoms with Crippen molar-refractivity contribution in [3.63, 3.8) is 0 Å². The summed E-state index contributed by atoms with van der Waals surface area (Å²) in [6.07, 6.45) is 3.15. The molecule has 2 N–H and O–H groups in total. The van der Waals surface area contributed by atoms with Crippen LogP contribution in [0.2, 0.25) is 0 Å². The van der Waals surface area contributed by atoms with E-state index < -0.39 is 17.6 Å². The van der Waals surface area contributed by atoms with E-state index in [1.807, 2.05) is 0 Å². The van der Waals surface area contributed by atoms with Crippen LogP contribution >= 0.6 is 0 Å². The molecule has 0 spiro atoms. The monoisotopic (exact) mass is 360 g/mol. The van der Waals surface area contributed by atoms with Crippen molar-refractivity contribution >= 4 is 17.3 Å². The average Bonchev–Trinajstić information content (AvgIpc) is 3.23. The van der Waals surface area contributed by atoms with E-state index in [1.165, 1.54) is 6.07 Å². The molecule has 2 heterocycles. The number of nitrogens with one attached hydrogen (secondary N) is 1. The van der Waals surface area contributed by atoms with Gasteiger partial charge in [0.1, 0.15) is 11.5 Å². The summed E-state index contributed by atoms with van der Waals surface area (Å²) in [5, 5.41) is 14.0. The lowest BCUT2D eigenvalue weighted by molar-refractivity contribution is -0.112. The maximum Gasteiger partial charge on any atom is 0.235 e.